The van der Waals surface area contributed by atoms with Gasteiger partial charge >= 0.3 is 12.1 Å². The van der Waals surface area contributed by atoms with Crippen LogP contribution in [0.4, 0.5) is 4.79 Å². The lowest BCUT2D eigenvalue weighted by Crippen LogP contribution is -2.43. The van der Waals surface area contributed by atoms with Crippen LogP contribution < -0.4 is 0 Å². The first kappa shape index (κ1) is 21.2. The van der Waals surface area contributed by atoms with Gasteiger partial charge in [-0.1, -0.05) is 30.3 Å². The Balaban J connectivity index is 2.19. The fourth-order valence-electron chi connectivity index (χ4n) is 3.41. The monoisotopic (exact) mass is 376 g/mol. The number of ether oxygens (including phenoxy) is 2. The molecule has 150 valence electrons. The molecular weight excluding hydrogens is 344 g/mol. The molecule has 0 spiro atoms. The van der Waals surface area contributed by atoms with Crippen molar-refractivity contribution in [3.8, 4) is 0 Å². The van der Waals surface area contributed by atoms with Crippen molar-refractivity contribution in [3.05, 3.63) is 35.9 Å². The second-order valence-corrected chi connectivity index (χ2v) is 8.06. The van der Waals surface area contributed by atoms with Gasteiger partial charge in [0.15, 0.2) is 0 Å². The fourth-order valence-corrected chi connectivity index (χ4v) is 3.41. The molecular formula is C21H32N2O4. The normalized spacial score (nSPS) is 21.2. The highest BCUT2D eigenvalue weighted by atomic mass is 16.6. The summed E-state index contributed by atoms with van der Waals surface area (Å²) in [5.74, 6) is -0.658. The van der Waals surface area contributed by atoms with Crippen LogP contribution in [0.2, 0.25) is 0 Å². The van der Waals surface area contributed by atoms with Gasteiger partial charge in [-0.15, -0.1) is 0 Å². The molecule has 1 fully saturated rings. The minimum absolute atomic E-state index is 0.103. The van der Waals surface area contributed by atoms with Gasteiger partial charge in [0, 0.05) is 25.2 Å². The van der Waals surface area contributed by atoms with E-state index in [4.69, 9.17) is 9.47 Å². The van der Waals surface area contributed by atoms with Crippen molar-refractivity contribution in [3.63, 3.8) is 0 Å². The number of rotatable bonds is 5. The Morgan fingerprint density at radius 3 is 2.41 bits per heavy atom. The Kier molecular flexibility index (Phi) is 6.87. The molecule has 27 heavy (non-hydrogen) atoms. The Labute approximate surface area is 162 Å². The van der Waals surface area contributed by atoms with Crippen LogP contribution in [-0.2, 0) is 14.3 Å². The Bertz CT molecular complexity index is 641. The predicted molar refractivity (Wildman–Crippen MR) is 104 cm³/mol. The van der Waals surface area contributed by atoms with Crippen molar-refractivity contribution in [1.82, 2.24) is 9.80 Å². The van der Waals surface area contributed by atoms with Gasteiger partial charge in [0.25, 0.3) is 0 Å². The first-order valence-corrected chi connectivity index (χ1v) is 9.55. The summed E-state index contributed by atoms with van der Waals surface area (Å²) >= 11 is 0. The fraction of sp³-hybridized carbons (Fsp3) is 0.619. The maximum atomic E-state index is 12.5. The molecule has 0 N–H and O–H groups in total. The van der Waals surface area contributed by atoms with Crippen molar-refractivity contribution in [2.45, 2.75) is 52.3 Å². The van der Waals surface area contributed by atoms with Crippen LogP contribution in [0.25, 0.3) is 0 Å². The number of hydrogen-bond donors (Lipinski definition) is 0. The largest absolute Gasteiger partial charge is 0.466 e. The molecule has 1 aromatic carbocycles. The van der Waals surface area contributed by atoms with E-state index in [1.807, 2.05) is 46.0 Å². The van der Waals surface area contributed by atoms with Crippen molar-refractivity contribution < 1.29 is 19.1 Å². The number of carbonyl (C=O) groups is 2. The number of benzene rings is 1. The molecule has 1 aliphatic rings. The summed E-state index contributed by atoms with van der Waals surface area (Å²) in [5, 5.41) is 0. The number of hydrogen-bond acceptors (Lipinski definition) is 5. The molecule has 1 heterocycles. The number of likely N-dealkylation sites (tertiary alicyclic amines) is 1. The second kappa shape index (κ2) is 8.74. The van der Waals surface area contributed by atoms with E-state index in [0.717, 1.165) is 0 Å². The van der Waals surface area contributed by atoms with Crippen LogP contribution in [0, 0.1) is 5.92 Å². The maximum absolute atomic E-state index is 12.5. The summed E-state index contributed by atoms with van der Waals surface area (Å²) in [4.78, 5) is 28.8. The van der Waals surface area contributed by atoms with Gasteiger partial charge in [-0.25, -0.2) is 4.79 Å². The zero-order valence-corrected chi connectivity index (χ0v) is 17.3. The standard InChI is InChI=1S/C21H32N2O4/c1-7-26-19(24)17-13-23(20(25)27-21(3,4)5)14-18(17)22(6)15(2)16-11-9-8-10-12-16/h8-12,15,17-18H,7,13-14H2,1-6H3/t15-,17-,18-/m1/s1. The molecule has 6 nitrogen and oxygen atoms in total. The minimum atomic E-state index is -0.572. The van der Waals surface area contributed by atoms with Crippen LogP contribution in [0.1, 0.15) is 46.2 Å². The van der Waals surface area contributed by atoms with Crippen molar-refractivity contribution in [2.24, 2.45) is 5.92 Å². The third kappa shape index (κ3) is 5.45. The average Bonchev–Trinajstić information content (AvgIpc) is 3.05. The van der Waals surface area contributed by atoms with E-state index in [9.17, 15) is 9.59 Å². The van der Waals surface area contributed by atoms with Gasteiger partial charge in [-0.2, -0.15) is 0 Å². The van der Waals surface area contributed by atoms with Gasteiger partial charge in [0.05, 0.1) is 12.5 Å². The highest BCUT2D eigenvalue weighted by Gasteiger charge is 2.44. The van der Waals surface area contributed by atoms with E-state index in [-0.39, 0.29) is 24.1 Å². The third-order valence-corrected chi connectivity index (χ3v) is 4.95. The lowest BCUT2D eigenvalue weighted by Gasteiger charge is -2.33. The Morgan fingerprint density at radius 2 is 1.85 bits per heavy atom. The molecule has 0 aliphatic carbocycles. The predicted octanol–water partition coefficient (Wildman–Crippen LogP) is 3.48. The summed E-state index contributed by atoms with van der Waals surface area (Å²) in [6.07, 6.45) is -0.389. The molecule has 0 aromatic heterocycles. The minimum Gasteiger partial charge on any atom is -0.466 e. The van der Waals surface area contributed by atoms with Crippen LogP contribution in [0.5, 0.6) is 0 Å². The zero-order valence-electron chi connectivity index (χ0n) is 17.3. The maximum Gasteiger partial charge on any atom is 0.410 e. The molecule has 1 aliphatic heterocycles. The first-order chi connectivity index (χ1) is 12.6. The Morgan fingerprint density at radius 1 is 1.22 bits per heavy atom. The molecule has 0 unspecified atom stereocenters. The molecule has 0 saturated carbocycles. The van der Waals surface area contributed by atoms with E-state index in [2.05, 4.69) is 24.0 Å². The van der Waals surface area contributed by atoms with E-state index in [1.54, 1.807) is 11.8 Å². The van der Waals surface area contributed by atoms with Crippen LogP contribution in [0.15, 0.2) is 30.3 Å². The van der Waals surface area contributed by atoms with Gasteiger partial charge in [0.2, 0.25) is 0 Å². The summed E-state index contributed by atoms with van der Waals surface area (Å²) in [5.41, 5.74) is 0.594. The summed E-state index contributed by atoms with van der Waals surface area (Å²) in [7, 11) is 1.99. The van der Waals surface area contributed by atoms with Gasteiger partial charge in [0.1, 0.15) is 5.60 Å². The molecule has 6 heteroatoms. The Hall–Kier alpha value is -2.08. The molecule has 3 atom stereocenters. The zero-order chi connectivity index (χ0) is 20.2. The number of carbonyl (C=O) groups excluding carboxylic acids is 2. The average molecular weight is 376 g/mol. The lowest BCUT2D eigenvalue weighted by atomic mass is 9.99. The topological polar surface area (TPSA) is 59.1 Å². The summed E-state index contributed by atoms with van der Waals surface area (Å²) in [6, 6.07) is 10.1. The van der Waals surface area contributed by atoms with Crippen LogP contribution in [-0.4, -0.2) is 60.2 Å². The van der Waals surface area contributed by atoms with E-state index >= 15 is 0 Å². The van der Waals surface area contributed by atoms with Crippen LogP contribution >= 0.6 is 0 Å². The lowest BCUT2D eigenvalue weighted by molar-refractivity contribution is -0.149. The first-order valence-electron chi connectivity index (χ1n) is 9.55. The molecule has 1 saturated heterocycles. The molecule has 0 bridgehead atoms. The number of esters is 1. The van der Waals surface area contributed by atoms with E-state index in [1.165, 1.54) is 5.56 Å². The molecule has 2 rings (SSSR count). The van der Waals surface area contributed by atoms with Gasteiger partial charge < -0.3 is 14.4 Å². The third-order valence-electron chi connectivity index (χ3n) is 4.95. The number of likely N-dealkylation sites (N-methyl/N-ethyl adjacent to an activating group) is 1. The summed E-state index contributed by atoms with van der Waals surface area (Å²) < 4.78 is 10.8. The number of nitrogens with zero attached hydrogens (tertiary/aromatic N) is 2. The molecule has 1 aromatic rings. The van der Waals surface area contributed by atoms with Crippen molar-refractivity contribution >= 4 is 12.1 Å². The van der Waals surface area contributed by atoms with Crippen molar-refractivity contribution in [1.29, 1.82) is 0 Å². The highest BCUT2D eigenvalue weighted by molar-refractivity contribution is 5.77. The smallest absolute Gasteiger partial charge is 0.410 e. The van der Waals surface area contributed by atoms with Crippen LogP contribution in [0.3, 0.4) is 0 Å². The van der Waals surface area contributed by atoms with Crippen molar-refractivity contribution in [2.75, 3.05) is 26.7 Å². The quantitative estimate of drug-likeness (QED) is 0.737. The summed E-state index contributed by atoms with van der Waals surface area (Å²) in [6.45, 7) is 10.5. The molecule has 1 amide bonds. The second-order valence-electron chi connectivity index (χ2n) is 8.06. The highest BCUT2D eigenvalue weighted by Crippen LogP contribution is 2.30. The number of amides is 1. The molecule has 0 radical (unpaired) electrons. The van der Waals surface area contributed by atoms with E-state index in [0.29, 0.717) is 19.7 Å². The SMILES string of the molecule is CCOC(=O)[C@@H]1CN(C(=O)OC(C)(C)C)C[C@H]1N(C)[C@H](C)c1ccccc1. The van der Waals surface area contributed by atoms with E-state index < -0.39 is 11.5 Å². The van der Waals surface area contributed by atoms with Gasteiger partial charge in [-0.05, 0) is 47.2 Å². The van der Waals surface area contributed by atoms with Gasteiger partial charge in [-0.3, -0.25) is 9.69 Å².